The third kappa shape index (κ3) is 6.50. The third-order valence-corrected chi connectivity index (χ3v) is 6.91. The number of nitrogens with zero attached hydrogens (tertiary/aromatic N) is 3. The number of unbranched alkanes of at least 4 members (excludes halogenated alkanes) is 2. The molecule has 5 nitrogen and oxygen atoms in total. The second kappa shape index (κ2) is 12.9. The molecule has 1 aromatic carbocycles. The van der Waals surface area contributed by atoms with Gasteiger partial charge >= 0.3 is 0 Å². The molecule has 2 aliphatic rings. The highest BCUT2D eigenvalue weighted by molar-refractivity contribution is 7.21. The van der Waals surface area contributed by atoms with Crippen molar-refractivity contribution >= 4 is 27.2 Å². The summed E-state index contributed by atoms with van der Waals surface area (Å²) in [4.78, 5) is 8.61. The molecule has 1 aliphatic heterocycles. The molecule has 0 amide bonds. The van der Waals surface area contributed by atoms with Gasteiger partial charge in [0.25, 0.3) is 0 Å². The van der Waals surface area contributed by atoms with Crippen molar-refractivity contribution in [3.63, 3.8) is 0 Å². The fourth-order valence-electron chi connectivity index (χ4n) is 3.96. The molecule has 0 spiro atoms. The predicted molar refractivity (Wildman–Crippen MR) is 137 cm³/mol. The van der Waals surface area contributed by atoms with Gasteiger partial charge in [-0.15, -0.1) is 11.3 Å². The molecule has 0 saturated heterocycles. The summed E-state index contributed by atoms with van der Waals surface area (Å²) in [5.74, 6) is 0. The van der Waals surface area contributed by atoms with Gasteiger partial charge in [0.05, 0.1) is 20.8 Å². The Kier molecular flexibility index (Phi) is 9.90. The van der Waals surface area contributed by atoms with Gasteiger partial charge in [0.1, 0.15) is 13.1 Å². The van der Waals surface area contributed by atoms with E-state index in [1.807, 2.05) is 0 Å². The van der Waals surface area contributed by atoms with Crippen LogP contribution in [0.3, 0.4) is 0 Å². The van der Waals surface area contributed by atoms with Crippen LogP contribution < -0.4 is 14.8 Å². The zero-order valence-electron chi connectivity index (χ0n) is 19.6. The fourth-order valence-corrected chi connectivity index (χ4v) is 4.99. The molecular weight excluding hydrogens is 418 g/mol. The number of aliphatic hydroxyl groups excluding tert-OH is 2. The minimum Gasteiger partial charge on any atom is -0.396 e. The van der Waals surface area contributed by atoms with E-state index in [0.717, 1.165) is 55.6 Å². The van der Waals surface area contributed by atoms with Crippen molar-refractivity contribution in [2.45, 2.75) is 52.4 Å². The minimum atomic E-state index is 0.174. The lowest BCUT2D eigenvalue weighted by atomic mass is 10.2. The molecule has 0 atom stereocenters. The van der Waals surface area contributed by atoms with E-state index in [-0.39, 0.29) is 13.2 Å². The highest BCUT2D eigenvalue weighted by Crippen LogP contribution is 2.32. The molecule has 0 bridgehead atoms. The molecule has 0 unspecified atom stereocenters. The van der Waals surface area contributed by atoms with Crippen LogP contribution in [0, 0.1) is 0 Å². The molecule has 1 heterocycles. The smallest absolute Gasteiger partial charge is 0.201 e. The zero-order valence-corrected chi connectivity index (χ0v) is 20.4. The quantitative estimate of drug-likeness (QED) is 0.297. The maximum atomic E-state index is 9.27. The van der Waals surface area contributed by atoms with Crippen molar-refractivity contribution in [2.24, 2.45) is 0 Å². The first-order chi connectivity index (χ1) is 15.7. The van der Waals surface area contributed by atoms with Crippen LogP contribution in [0.5, 0.6) is 0 Å². The Bertz CT molecular complexity index is 999. The summed E-state index contributed by atoms with van der Waals surface area (Å²) in [6.07, 6.45) is 6.27. The minimum absolute atomic E-state index is 0.174. The second-order valence-electron chi connectivity index (χ2n) is 8.35. The molecule has 0 saturated carbocycles. The van der Waals surface area contributed by atoms with Crippen LogP contribution in [0.1, 0.15) is 52.4 Å². The molecule has 0 aromatic heterocycles. The molecule has 174 valence electrons. The number of rotatable bonds is 13. The lowest BCUT2D eigenvalue weighted by molar-refractivity contribution is 0.268. The first-order valence-corrected chi connectivity index (χ1v) is 12.9. The van der Waals surface area contributed by atoms with Gasteiger partial charge < -0.3 is 15.1 Å². The van der Waals surface area contributed by atoms with Crippen molar-refractivity contribution < 1.29 is 10.2 Å². The van der Waals surface area contributed by atoms with E-state index in [1.54, 1.807) is 11.3 Å². The Labute approximate surface area is 196 Å². The number of anilines is 1. The van der Waals surface area contributed by atoms with E-state index in [0.29, 0.717) is 0 Å². The Morgan fingerprint density at radius 1 is 0.875 bits per heavy atom. The molecule has 1 aromatic rings. The molecule has 3 rings (SSSR count). The molecule has 2 N–H and O–H groups in total. The monoisotopic (exact) mass is 456 g/mol. The lowest BCUT2D eigenvalue weighted by Gasteiger charge is -2.25. The van der Waals surface area contributed by atoms with Crippen molar-refractivity contribution in [1.29, 1.82) is 0 Å². The first-order valence-electron chi connectivity index (χ1n) is 12.1. The van der Waals surface area contributed by atoms with Crippen LogP contribution in [-0.2, 0) is 0 Å². The van der Waals surface area contributed by atoms with E-state index < -0.39 is 0 Å². The highest BCUT2D eigenvalue weighted by Gasteiger charge is 2.13. The largest absolute Gasteiger partial charge is 0.396 e. The zero-order chi connectivity index (χ0) is 22.8. The summed E-state index contributed by atoms with van der Waals surface area (Å²) in [5, 5.41) is 19.7. The average molecular weight is 457 g/mol. The Morgan fingerprint density at radius 2 is 1.56 bits per heavy atom. The first kappa shape index (κ1) is 24.6. The average Bonchev–Trinajstić information content (AvgIpc) is 2.82. The number of hydrogen-bond acceptors (Lipinski definition) is 5. The molecule has 0 radical (unpaired) electrons. The number of fused-ring (bicyclic) bond motifs is 2. The van der Waals surface area contributed by atoms with E-state index in [1.165, 1.54) is 40.9 Å². The molecule has 0 fully saturated rings. The summed E-state index contributed by atoms with van der Waals surface area (Å²) in [7, 11) is 0. The summed E-state index contributed by atoms with van der Waals surface area (Å²) >= 11 is 1.80. The van der Waals surface area contributed by atoms with Crippen molar-refractivity contribution in [3.8, 4) is 10.6 Å². The summed E-state index contributed by atoms with van der Waals surface area (Å²) in [6.45, 7) is 8.60. The van der Waals surface area contributed by atoms with Gasteiger partial charge in [-0.05, 0) is 37.1 Å². The summed E-state index contributed by atoms with van der Waals surface area (Å²) in [5.41, 5.74) is 3.35. The summed E-state index contributed by atoms with van der Waals surface area (Å²) in [6, 6.07) is 13.1. The van der Waals surface area contributed by atoms with E-state index >= 15 is 0 Å². The molecule has 32 heavy (non-hydrogen) atoms. The predicted octanol–water partition coefficient (Wildman–Crippen LogP) is 4.34. The third-order valence-electron chi connectivity index (χ3n) is 5.81. The van der Waals surface area contributed by atoms with Gasteiger partial charge in [-0.25, -0.2) is 9.56 Å². The standard InChI is InChI=1S/C26H38N3O2S/c1-3-5-13-28(14-6-4-2)21-9-11-23-25(19-21)32-26-20-22(10-12-24(26)27-23)29(15-7-17-30)16-8-18-31/h9-12,19-20,30-31H,3-8,13-18H2,1-2H3/q+1. The van der Waals surface area contributed by atoms with Crippen molar-refractivity contribution in [1.82, 2.24) is 9.56 Å². The maximum Gasteiger partial charge on any atom is 0.201 e. The lowest BCUT2D eigenvalue weighted by Crippen LogP contribution is -2.32. The van der Waals surface area contributed by atoms with Gasteiger partial charge in [-0.3, -0.25) is 0 Å². The van der Waals surface area contributed by atoms with E-state index in [4.69, 9.17) is 4.98 Å². The van der Waals surface area contributed by atoms with Gasteiger partial charge in [0.15, 0.2) is 0 Å². The Balaban J connectivity index is 2.01. The number of hydrogen-bond donors (Lipinski definition) is 2. The van der Waals surface area contributed by atoms with Gasteiger partial charge in [-0.1, -0.05) is 26.7 Å². The fraction of sp³-hybridized carbons (Fsp3) is 0.538. The normalized spacial score (nSPS) is 11.4. The Hall–Kier alpha value is -2.02. The molecule has 6 heteroatoms. The van der Waals surface area contributed by atoms with E-state index in [2.05, 4.69) is 59.7 Å². The van der Waals surface area contributed by atoms with Crippen molar-refractivity contribution in [3.05, 3.63) is 41.8 Å². The number of benzene rings is 2. The van der Waals surface area contributed by atoms with Crippen LogP contribution in [0.2, 0.25) is 0 Å². The van der Waals surface area contributed by atoms with Crippen LogP contribution in [0.15, 0.2) is 36.4 Å². The maximum absolute atomic E-state index is 9.27. The molecular formula is C26H38N3O2S+. The second-order valence-corrected chi connectivity index (χ2v) is 9.44. The van der Waals surface area contributed by atoms with Gasteiger partial charge in [0.2, 0.25) is 5.36 Å². The number of aromatic nitrogens is 1. The van der Waals surface area contributed by atoms with Crippen LogP contribution in [-0.4, -0.2) is 54.6 Å². The SMILES string of the molecule is CCCCN(CCCC)c1ccc2nc3ccc(=[N+](CCCO)CCCO)cc-3sc2c1. The van der Waals surface area contributed by atoms with Gasteiger partial charge in [-0.2, -0.15) is 0 Å². The highest BCUT2D eigenvalue weighted by atomic mass is 32.1. The van der Waals surface area contributed by atoms with Crippen LogP contribution in [0.4, 0.5) is 5.69 Å². The van der Waals surface area contributed by atoms with E-state index in [9.17, 15) is 10.2 Å². The van der Waals surface area contributed by atoms with Crippen LogP contribution >= 0.6 is 11.3 Å². The number of aliphatic hydroxyl groups is 2. The Morgan fingerprint density at radius 3 is 2.19 bits per heavy atom. The summed E-state index contributed by atoms with van der Waals surface area (Å²) < 4.78 is 3.46. The van der Waals surface area contributed by atoms with Crippen LogP contribution in [0.25, 0.3) is 20.8 Å². The van der Waals surface area contributed by atoms with Crippen molar-refractivity contribution in [2.75, 3.05) is 44.3 Å². The topological polar surface area (TPSA) is 59.6 Å². The molecule has 1 aliphatic carbocycles. The van der Waals surface area contributed by atoms with Gasteiger partial charge in [0, 0.05) is 57.0 Å².